The van der Waals surface area contributed by atoms with Gasteiger partial charge in [0.25, 0.3) is 0 Å². The Hall–Kier alpha value is -1.02. The molecule has 2 heteroatoms. The van der Waals surface area contributed by atoms with E-state index in [1.165, 1.54) is 0 Å². The second-order valence-corrected chi connectivity index (χ2v) is 2.95. The van der Waals surface area contributed by atoms with Gasteiger partial charge in [-0.1, -0.05) is 12.1 Å². The molecule has 1 saturated heterocycles. The second-order valence-electron chi connectivity index (χ2n) is 2.95. The maximum atomic E-state index is 5.51. The Kier molecular flexibility index (Phi) is 2.28. The normalized spacial score (nSPS) is 17.0. The third-order valence-corrected chi connectivity index (χ3v) is 1.88. The summed E-state index contributed by atoms with van der Waals surface area (Å²) in [5.41, 5.74) is 0. The van der Waals surface area contributed by atoms with Crippen LogP contribution in [0.1, 0.15) is 0 Å². The van der Waals surface area contributed by atoms with Crippen LogP contribution in [0.5, 0.6) is 5.75 Å². The highest BCUT2D eigenvalue weighted by molar-refractivity contribution is 5.20. The molecule has 2 nitrogen and oxygen atoms in total. The molecule has 1 heterocycles. The van der Waals surface area contributed by atoms with Gasteiger partial charge in [-0.25, -0.2) is 0 Å². The van der Waals surface area contributed by atoms with Gasteiger partial charge in [-0.05, 0) is 18.2 Å². The van der Waals surface area contributed by atoms with Crippen LogP contribution in [0.2, 0.25) is 0 Å². The average molecular weight is 163 g/mol. The first-order chi connectivity index (χ1) is 5.95. The average Bonchev–Trinajstić information content (AvgIpc) is 2.04. The summed E-state index contributed by atoms with van der Waals surface area (Å²) in [7, 11) is 0. The number of hydrogen-bond acceptors (Lipinski definition) is 2. The Morgan fingerprint density at radius 2 is 2.17 bits per heavy atom. The standard InChI is InChI=1S/C10H11O2/c1-2-4-10(5-3-1)12-8-9-6-11-7-9/h2-5,9H,6-8H2. The Morgan fingerprint density at radius 1 is 1.42 bits per heavy atom. The van der Waals surface area contributed by atoms with Crippen molar-refractivity contribution in [3.8, 4) is 5.75 Å². The summed E-state index contributed by atoms with van der Waals surface area (Å²) in [6, 6.07) is 10.5. The van der Waals surface area contributed by atoms with Crippen LogP contribution in [0, 0.1) is 12.0 Å². The van der Waals surface area contributed by atoms with Gasteiger partial charge in [0.2, 0.25) is 0 Å². The quantitative estimate of drug-likeness (QED) is 0.672. The largest absolute Gasteiger partial charge is 0.493 e. The van der Waals surface area contributed by atoms with E-state index >= 15 is 0 Å². The monoisotopic (exact) mass is 163 g/mol. The van der Waals surface area contributed by atoms with Crippen LogP contribution >= 0.6 is 0 Å². The van der Waals surface area contributed by atoms with E-state index in [0.717, 1.165) is 25.6 Å². The Bertz CT molecular complexity index is 229. The molecule has 0 saturated carbocycles. The molecule has 12 heavy (non-hydrogen) atoms. The molecular weight excluding hydrogens is 152 g/mol. The Balaban J connectivity index is 1.79. The van der Waals surface area contributed by atoms with E-state index in [4.69, 9.17) is 9.47 Å². The minimum absolute atomic E-state index is 0.592. The van der Waals surface area contributed by atoms with Crippen LogP contribution in [0.15, 0.2) is 24.3 Å². The Labute approximate surface area is 72.1 Å². The molecule has 1 aromatic carbocycles. The van der Waals surface area contributed by atoms with E-state index in [9.17, 15) is 0 Å². The van der Waals surface area contributed by atoms with Crippen LogP contribution in [-0.2, 0) is 4.74 Å². The molecule has 0 atom stereocenters. The van der Waals surface area contributed by atoms with E-state index in [2.05, 4.69) is 6.07 Å². The van der Waals surface area contributed by atoms with Crippen molar-refractivity contribution in [2.75, 3.05) is 19.8 Å². The fourth-order valence-corrected chi connectivity index (χ4v) is 1.06. The van der Waals surface area contributed by atoms with Gasteiger partial charge in [0.05, 0.1) is 19.8 Å². The topological polar surface area (TPSA) is 18.5 Å². The maximum Gasteiger partial charge on any atom is 0.119 e. The van der Waals surface area contributed by atoms with Crippen molar-refractivity contribution in [3.63, 3.8) is 0 Å². The molecule has 1 aromatic rings. The molecule has 0 N–H and O–H groups in total. The first-order valence-electron chi connectivity index (χ1n) is 4.12. The summed E-state index contributed by atoms with van der Waals surface area (Å²) >= 11 is 0. The highest BCUT2D eigenvalue weighted by Gasteiger charge is 2.18. The minimum atomic E-state index is 0.592. The molecule has 1 fully saturated rings. The molecular formula is C10H11O2. The first kappa shape index (κ1) is 7.62. The summed E-state index contributed by atoms with van der Waals surface area (Å²) in [6.07, 6.45) is 0. The summed E-state index contributed by atoms with van der Waals surface area (Å²) in [5.74, 6) is 1.51. The zero-order valence-electron chi connectivity index (χ0n) is 6.82. The van der Waals surface area contributed by atoms with Crippen LogP contribution in [-0.4, -0.2) is 19.8 Å². The molecule has 1 aliphatic heterocycles. The summed E-state index contributed by atoms with van der Waals surface area (Å²) in [5, 5.41) is 0. The molecule has 1 aliphatic rings. The Morgan fingerprint density at radius 3 is 2.75 bits per heavy atom. The van der Waals surface area contributed by atoms with E-state index in [1.807, 2.05) is 24.3 Å². The predicted molar refractivity (Wildman–Crippen MR) is 45.1 cm³/mol. The van der Waals surface area contributed by atoms with Crippen molar-refractivity contribution in [2.45, 2.75) is 0 Å². The van der Waals surface area contributed by atoms with Crippen LogP contribution in [0.4, 0.5) is 0 Å². The summed E-state index contributed by atoms with van der Waals surface area (Å²) in [6.45, 7) is 2.46. The molecule has 0 bridgehead atoms. The minimum Gasteiger partial charge on any atom is -0.493 e. The van der Waals surface area contributed by atoms with E-state index in [1.54, 1.807) is 0 Å². The highest BCUT2D eigenvalue weighted by atomic mass is 16.5. The van der Waals surface area contributed by atoms with E-state index in [-0.39, 0.29) is 0 Å². The van der Waals surface area contributed by atoms with Crippen molar-refractivity contribution >= 4 is 0 Å². The van der Waals surface area contributed by atoms with Crippen LogP contribution in [0.25, 0.3) is 0 Å². The lowest BCUT2D eigenvalue weighted by Crippen LogP contribution is -2.32. The molecule has 1 radical (unpaired) electrons. The number of ether oxygens (including phenoxy) is 2. The zero-order valence-corrected chi connectivity index (χ0v) is 6.82. The lowest BCUT2D eigenvalue weighted by Gasteiger charge is -2.25. The zero-order chi connectivity index (χ0) is 8.23. The van der Waals surface area contributed by atoms with Crippen molar-refractivity contribution in [1.82, 2.24) is 0 Å². The molecule has 0 unspecified atom stereocenters. The van der Waals surface area contributed by atoms with Crippen molar-refractivity contribution in [3.05, 3.63) is 30.3 Å². The molecule has 2 rings (SSSR count). The maximum absolute atomic E-state index is 5.51. The molecule has 0 aliphatic carbocycles. The van der Waals surface area contributed by atoms with Crippen LogP contribution in [0.3, 0.4) is 0 Å². The fourth-order valence-electron chi connectivity index (χ4n) is 1.06. The van der Waals surface area contributed by atoms with Gasteiger partial charge in [0.1, 0.15) is 5.75 Å². The third-order valence-electron chi connectivity index (χ3n) is 1.88. The second kappa shape index (κ2) is 3.59. The predicted octanol–water partition coefficient (Wildman–Crippen LogP) is 1.51. The molecule has 0 amide bonds. The van der Waals surface area contributed by atoms with Gasteiger partial charge >= 0.3 is 0 Å². The lowest BCUT2D eigenvalue weighted by molar-refractivity contribution is -0.0508. The van der Waals surface area contributed by atoms with E-state index < -0.39 is 0 Å². The summed E-state index contributed by atoms with van der Waals surface area (Å²) < 4.78 is 10.5. The van der Waals surface area contributed by atoms with Gasteiger partial charge in [0.15, 0.2) is 0 Å². The van der Waals surface area contributed by atoms with Gasteiger partial charge in [-0.15, -0.1) is 0 Å². The van der Waals surface area contributed by atoms with Crippen molar-refractivity contribution in [2.24, 2.45) is 5.92 Å². The first-order valence-corrected chi connectivity index (χ1v) is 4.12. The fraction of sp³-hybridized carbons (Fsp3) is 0.400. The SMILES string of the molecule is [c]1ccc(OCC2COC2)cc1. The van der Waals surface area contributed by atoms with Crippen molar-refractivity contribution in [1.29, 1.82) is 0 Å². The number of rotatable bonds is 3. The van der Waals surface area contributed by atoms with Gasteiger partial charge in [0, 0.05) is 5.92 Å². The smallest absolute Gasteiger partial charge is 0.119 e. The van der Waals surface area contributed by atoms with Gasteiger partial charge in [-0.3, -0.25) is 0 Å². The summed E-state index contributed by atoms with van der Waals surface area (Å²) in [4.78, 5) is 0. The third kappa shape index (κ3) is 1.77. The molecule has 0 spiro atoms. The molecule has 0 aromatic heterocycles. The van der Waals surface area contributed by atoms with Gasteiger partial charge < -0.3 is 9.47 Å². The molecule has 63 valence electrons. The number of benzene rings is 1. The van der Waals surface area contributed by atoms with Gasteiger partial charge in [-0.2, -0.15) is 0 Å². The van der Waals surface area contributed by atoms with E-state index in [0.29, 0.717) is 5.92 Å². The number of hydrogen-bond donors (Lipinski definition) is 0. The van der Waals surface area contributed by atoms with Crippen LogP contribution < -0.4 is 4.74 Å². The highest BCUT2D eigenvalue weighted by Crippen LogP contribution is 2.14. The lowest BCUT2D eigenvalue weighted by atomic mass is 10.1. The van der Waals surface area contributed by atoms with Crippen molar-refractivity contribution < 1.29 is 9.47 Å².